The number of hydrogen-bond donors (Lipinski definition) is 1. The molecule has 24 heavy (non-hydrogen) atoms. The van der Waals surface area contributed by atoms with Crippen molar-refractivity contribution in [2.75, 3.05) is 5.32 Å². The average molecular weight is 357 g/mol. The lowest BCUT2D eigenvalue weighted by molar-refractivity contribution is 0.102. The van der Waals surface area contributed by atoms with Crippen molar-refractivity contribution >= 4 is 34.8 Å². The van der Waals surface area contributed by atoms with Gasteiger partial charge in [0.2, 0.25) is 0 Å². The fourth-order valence-electron chi connectivity index (χ4n) is 2.24. The third-order valence-corrected chi connectivity index (χ3v) is 4.29. The van der Waals surface area contributed by atoms with Gasteiger partial charge in [-0.3, -0.25) is 9.78 Å². The van der Waals surface area contributed by atoms with E-state index >= 15 is 0 Å². The Kier molecular flexibility index (Phi) is 4.84. The van der Waals surface area contributed by atoms with E-state index < -0.39 is 0 Å². The molecule has 0 saturated heterocycles. The van der Waals surface area contributed by atoms with Crippen molar-refractivity contribution < 1.29 is 4.79 Å². The van der Waals surface area contributed by atoms with Gasteiger partial charge in [-0.05, 0) is 54.4 Å². The van der Waals surface area contributed by atoms with Crippen LogP contribution in [0.1, 0.15) is 16.1 Å². The van der Waals surface area contributed by atoms with Crippen LogP contribution in [0.15, 0.2) is 60.8 Å². The van der Waals surface area contributed by atoms with E-state index in [9.17, 15) is 4.79 Å². The summed E-state index contributed by atoms with van der Waals surface area (Å²) < 4.78 is 0. The van der Waals surface area contributed by atoms with Gasteiger partial charge in [0.25, 0.3) is 5.91 Å². The van der Waals surface area contributed by atoms with E-state index in [1.54, 1.807) is 24.4 Å². The number of halogens is 2. The van der Waals surface area contributed by atoms with Gasteiger partial charge in [0, 0.05) is 11.9 Å². The van der Waals surface area contributed by atoms with Crippen LogP contribution >= 0.6 is 23.2 Å². The Bertz CT molecular complexity index is 892. The summed E-state index contributed by atoms with van der Waals surface area (Å²) in [7, 11) is 0. The molecule has 0 aliphatic heterocycles. The number of hydrogen-bond acceptors (Lipinski definition) is 2. The number of nitrogens with zero attached hydrogens (tertiary/aromatic N) is 1. The van der Waals surface area contributed by atoms with Gasteiger partial charge in [-0.1, -0.05) is 47.0 Å². The molecule has 1 N–H and O–H groups in total. The van der Waals surface area contributed by atoms with Gasteiger partial charge < -0.3 is 5.32 Å². The first-order valence-corrected chi connectivity index (χ1v) is 8.08. The molecule has 3 nitrogen and oxygen atoms in total. The number of aromatic nitrogens is 1. The summed E-state index contributed by atoms with van der Waals surface area (Å²) in [5.41, 5.74) is 3.91. The van der Waals surface area contributed by atoms with Gasteiger partial charge in [0.05, 0.1) is 10.0 Å². The molecule has 0 bridgehead atoms. The molecule has 1 heterocycles. The van der Waals surface area contributed by atoms with Crippen LogP contribution in [-0.2, 0) is 0 Å². The topological polar surface area (TPSA) is 42.0 Å². The summed E-state index contributed by atoms with van der Waals surface area (Å²) in [4.78, 5) is 16.5. The van der Waals surface area contributed by atoms with Crippen LogP contribution in [0.2, 0.25) is 10.0 Å². The van der Waals surface area contributed by atoms with E-state index in [4.69, 9.17) is 23.2 Å². The van der Waals surface area contributed by atoms with Crippen molar-refractivity contribution in [1.29, 1.82) is 0 Å². The Labute approximate surface area is 150 Å². The summed E-state index contributed by atoms with van der Waals surface area (Å²) in [5.74, 6) is -0.263. The molecule has 1 aromatic heterocycles. The molecule has 0 unspecified atom stereocenters. The molecular formula is C19H14Cl2N2O. The van der Waals surface area contributed by atoms with E-state index in [1.807, 2.05) is 43.3 Å². The molecule has 1 amide bonds. The first-order valence-electron chi connectivity index (χ1n) is 7.32. The zero-order chi connectivity index (χ0) is 17.1. The van der Waals surface area contributed by atoms with Gasteiger partial charge in [-0.25, -0.2) is 0 Å². The minimum atomic E-state index is -0.263. The number of carbonyl (C=O) groups excluding carboxylic acids is 1. The number of carbonyl (C=O) groups is 1. The van der Waals surface area contributed by atoms with Gasteiger partial charge >= 0.3 is 0 Å². The summed E-state index contributed by atoms with van der Waals surface area (Å²) in [5, 5.41) is 3.80. The molecule has 2 aromatic carbocycles. The minimum Gasteiger partial charge on any atom is -0.321 e. The molecule has 120 valence electrons. The molecule has 0 atom stereocenters. The molecule has 0 aliphatic carbocycles. The smallest absolute Gasteiger partial charge is 0.274 e. The third kappa shape index (κ3) is 3.75. The molecule has 0 fully saturated rings. The average Bonchev–Trinajstić information content (AvgIpc) is 2.59. The lowest BCUT2D eigenvalue weighted by Crippen LogP contribution is -2.13. The first-order chi connectivity index (χ1) is 11.5. The Morgan fingerprint density at radius 2 is 1.62 bits per heavy atom. The summed E-state index contributed by atoms with van der Waals surface area (Å²) in [6.45, 7) is 1.99. The SMILES string of the molecule is Cc1ccc(NC(=O)c2cc(-c3ccc(Cl)c(Cl)c3)ccn2)cc1. The Morgan fingerprint density at radius 1 is 0.917 bits per heavy atom. The van der Waals surface area contributed by atoms with E-state index in [0.29, 0.717) is 15.7 Å². The maximum absolute atomic E-state index is 12.4. The number of amides is 1. The van der Waals surface area contributed by atoms with Crippen LogP contribution < -0.4 is 5.32 Å². The number of pyridine rings is 1. The quantitative estimate of drug-likeness (QED) is 0.661. The Balaban J connectivity index is 1.85. The van der Waals surface area contributed by atoms with Crippen LogP contribution in [0.3, 0.4) is 0 Å². The largest absolute Gasteiger partial charge is 0.321 e. The fraction of sp³-hybridized carbons (Fsp3) is 0.0526. The molecular weight excluding hydrogens is 343 g/mol. The number of rotatable bonds is 3. The normalized spacial score (nSPS) is 10.5. The highest BCUT2D eigenvalue weighted by molar-refractivity contribution is 6.42. The van der Waals surface area contributed by atoms with Crippen molar-refractivity contribution in [2.45, 2.75) is 6.92 Å². The van der Waals surface area contributed by atoms with E-state index in [2.05, 4.69) is 10.3 Å². The van der Waals surface area contributed by atoms with Crippen LogP contribution in [0.5, 0.6) is 0 Å². The maximum Gasteiger partial charge on any atom is 0.274 e. The van der Waals surface area contributed by atoms with Gasteiger partial charge in [0.15, 0.2) is 0 Å². The van der Waals surface area contributed by atoms with E-state index in [-0.39, 0.29) is 5.91 Å². The van der Waals surface area contributed by atoms with Crippen molar-refractivity contribution in [3.05, 3.63) is 82.1 Å². The Morgan fingerprint density at radius 3 is 2.33 bits per heavy atom. The van der Waals surface area contributed by atoms with Crippen molar-refractivity contribution in [2.24, 2.45) is 0 Å². The zero-order valence-corrected chi connectivity index (χ0v) is 14.4. The second-order valence-corrected chi connectivity index (χ2v) is 6.19. The lowest BCUT2D eigenvalue weighted by atomic mass is 10.1. The first kappa shape index (κ1) is 16.5. The number of anilines is 1. The number of aryl methyl sites for hydroxylation is 1. The molecule has 0 aliphatic rings. The molecule has 5 heteroatoms. The van der Waals surface area contributed by atoms with Crippen molar-refractivity contribution in [3.63, 3.8) is 0 Å². The van der Waals surface area contributed by atoms with E-state index in [1.165, 1.54) is 0 Å². The van der Waals surface area contributed by atoms with Gasteiger partial charge in [-0.15, -0.1) is 0 Å². The number of nitrogens with one attached hydrogen (secondary N) is 1. The van der Waals surface area contributed by atoms with Crippen LogP contribution in [0.4, 0.5) is 5.69 Å². The summed E-state index contributed by atoms with van der Waals surface area (Å²) in [6, 6.07) is 16.5. The van der Waals surface area contributed by atoms with Gasteiger partial charge in [0.1, 0.15) is 5.69 Å². The van der Waals surface area contributed by atoms with Gasteiger partial charge in [-0.2, -0.15) is 0 Å². The predicted molar refractivity (Wildman–Crippen MR) is 98.8 cm³/mol. The zero-order valence-electron chi connectivity index (χ0n) is 12.9. The van der Waals surface area contributed by atoms with Crippen molar-refractivity contribution in [3.8, 4) is 11.1 Å². The lowest BCUT2D eigenvalue weighted by Gasteiger charge is -2.07. The predicted octanol–water partition coefficient (Wildman–Crippen LogP) is 5.62. The highest BCUT2D eigenvalue weighted by Gasteiger charge is 2.10. The van der Waals surface area contributed by atoms with Crippen LogP contribution in [-0.4, -0.2) is 10.9 Å². The minimum absolute atomic E-state index is 0.263. The van der Waals surface area contributed by atoms with Crippen LogP contribution in [0, 0.1) is 6.92 Å². The monoisotopic (exact) mass is 356 g/mol. The van der Waals surface area contributed by atoms with E-state index in [0.717, 1.165) is 22.4 Å². The molecule has 3 rings (SSSR count). The highest BCUT2D eigenvalue weighted by atomic mass is 35.5. The third-order valence-electron chi connectivity index (χ3n) is 3.55. The van der Waals surface area contributed by atoms with Crippen LogP contribution in [0.25, 0.3) is 11.1 Å². The van der Waals surface area contributed by atoms with Crippen molar-refractivity contribution in [1.82, 2.24) is 4.98 Å². The standard InChI is InChI=1S/C19H14Cl2N2O/c1-12-2-5-15(6-3-12)23-19(24)18-11-14(8-9-22-18)13-4-7-16(20)17(21)10-13/h2-11H,1H3,(H,23,24). The Hall–Kier alpha value is -2.36. The highest BCUT2D eigenvalue weighted by Crippen LogP contribution is 2.28. The molecule has 0 saturated carbocycles. The fourth-order valence-corrected chi connectivity index (χ4v) is 2.54. The summed E-state index contributed by atoms with van der Waals surface area (Å²) >= 11 is 12.0. The summed E-state index contributed by atoms with van der Waals surface area (Å²) in [6.07, 6.45) is 1.60. The molecule has 0 spiro atoms. The molecule has 3 aromatic rings. The second-order valence-electron chi connectivity index (χ2n) is 5.38. The second kappa shape index (κ2) is 7.04. The molecule has 0 radical (unpaired) electrons. The number of benzene rings is 2. The maximum atomic E-state index is 12.4.